The van der Waals surface area contributed by atoms with Gasteiger partial charge in [-0.1, -0.05) is 18.2 Å². The Balaban J connectivity index is 1.49. The van der Waals surface area contributed by atoms with Gasteiger partial charge in [0.2, 0.25) is 0 Å². The van der Waals surface area contributed by atoms with E-state index in [-0.39, 0.29) is 0 Å². The molecule has 1 aliphatic heterocycles. The van der Waals surface area contributed by atoms with Gasteiger partial charge in [-0.15, -0.1) is 0 Å². The van der Waals surface area contributed by atoms with Gasteiger partial charge in [0.25, 0.3) is 0 Å². The van der Waals surface area contributed by atoms with Gasteiger partial charge in [0, 0.05) is 37.1 Å². The van der Waals surface area contributed by atoms with E-state index in [1.807, 2.05) is 30.7 Å². The van der Waals surface area contributed by atoms with Crippen molar-refractivity contribution in [3.05, 3.63) is 72.2 Å². The van der Waals surface area contributed by atoms with E-state index in [9.17, 15) is 0 Å². The lowest BCUT2D eigenvalue weighted by Gasteiger charge is -2.33. The maximum Gasteiger partial charge on any atom is 0.0702 e. The molecule has 1 aliphatic rings. The molecule has 23 heavy (non-hydrogen) atoms. The Morgan fingerprint density at radius 2 is 2.04 bits per heavy atom. The van der Waals surface area contributed by atoms with Crippen LogP contribution in [0.3, 0.4) is 0 Å². The van der Waals surface area contributed by atoms with Crippen molar-refractivity contribution >= 4 is 10.9 Å². The zero-order chi connectivity index (χ0) is 15.5. The summed E-state index contributed by atoms with van der Waals surface area (Å²) < 4.78 is 0. The Bertz CT molecular complexity index is 785. The van der Waals surface area contributed by atoms with Gasteiger partial charge < -0.3 is 0 Å². The molecule has 0 amide bonds. The van der Waals surface area contributed by atoms with Crippen LogP contribution in [0.15, 0.2) is 61.1 Å². The number of nitrogens with zero attached hydrogens (tertiary/aromatic N) is 3. The minimum Gasteiger partial charge on any atom is -0.298 e. The normalized spacial score (nSPS) is 19.0. The summed E-state index contributed by atoms with van der Waals surface area (Å²) in [5.41, 5.74) is 3.82. The maximum absolute atomic E-state index is 4.40. The quantitative estimate of drug-likeness (QED) is 0.732. The zero-order valence-corrected chi connectivity index (χ0v) is 13.2. The van der Waals surface area contributed by atoms with E-state index in [0.717, 1.165) is 18.6 Å². The van der Waals surface area contributed by atoms with Gasteiger partial charge in [-0.05, 0) is 60.7 Å². The lowest BCUT2D eigenvalue weighted by Crippen LogP contribution is -2.33. The van der Waals surface area contributed by atoms with Gasteiger partial charge in [0.15, 0.2) is 0 Å². The predicted octanol–water partition coefficient (Wildman–Crippen LogP) is 4.01. The Hall–Kier alpha value is -2.26. The van der Waals surface area contributed by atoms with Crippen LogP contribution in [-0.2, 0) is 6.54 Å². The molecule has 0 bridgehead atoms. The van der Waals surface area contributed by atoms with Crippen LogP contribution < -0.4 is 0 Å². The Morgan fingerprint density at radius 1 is 1.09 bits per heavy atom. The van der Waals surface area contributed by atoms with Crippen molar-refractivity contribution in [2.24, 2.45) is 0 Å². The van der Waals surface area contributed by atoms with Gasteiger partial charge in [-0.25, -0.2) is 0 Å². The molecule has 116 valence electrons. The Morgan fingerprint density at radius 3 is 2.96 bits per heavy atom. The average molecular weight is 303 g/mol. The number of fused-ring (bicyclic) bond motifs is 1. The molecule has 1 unspecified atom stereocenters. The molecule has 3 nitrogen and oxygen atoms in total. The standard InChI is InChI=1S/C20H21N3/c1-5-18(13-21-9-1)19-6-3-11-23(15-19)14-16-7-8-20-17(12-16)4-2-10-22-20/h1-2,4-5,7-10,12-13,19H,3,6,11,14-15H2. The van der Waals surface area contributed by atoms with Gasteiger partial charge in [-0.2, -0.15) is 0 Å². The summed E-state index contributed by atoms with van der Waals surface area (Å²) in [4.78, 5) is 11.2. The smallest absolute Gasteiger partial charge is 0.0702 e. The van der Waals surface area contributed by atoms with Crippen LogP contribution >= 0.6 is 0 Å². The molecule has 3 aromatic rings. The molecule has 0 aliphatic carbocycles. The molecule has 0 spiro atoms. The fourth-order valence-corrected chi connectivity index (χ4v) is 3.57. The minimum absolute atomic E-state index is 0.611. The fraction of sp³-hybridized carbons (Fsp3) is 0.300. The number of aromatic nitrogens is 2. The highest BCUT2D eigenvalue weighted by molar-refractivity contribution is 5.78. The molecular formula is C20H21N3. The highest BCUT2D eigenvalue weighted by Gasteiger charge is 2.21. The number of benzene rings is 1. The summed E-state index contributed by atoms with van der Waals surface area (Å²) in [5, 5.41) is 1.23. The monoisotopic (exact) mass is 303 g/mol. The van der Waals surface area contributed by atoms with Crippen LogP contribution in [-0.4, -0.2) is 28.0 Å². The first-order valence-corrected chi connectivity index (χ1v) is 8.34. The van der Waals surface area contributed by atoms with Crippen LogP contribution in [0.2, 0.25) is 0 Å². The second kappa shape index (κ2) is 6.47. The topological polar surface area (TPSA) is 29.0 Å². The molecular weight excluding hydrogens is 282 g/mol. The van der Waals surface area contributed by atoms with E-state index in [0.29, 0.717) is 5.92 Å². The number of likely N-dealkylation sites (tertiary alicyclic amines) is 1. The molecule has 3 heteroatoms. The van der Waals surface area contributed by atoms with E-state index in [4.69, 9.17) is 0 Å². The summed E-state index contributed by atoms with van der Waals surface area (Å²) in [6.07, 6.45) is 8.26. The first-order chi connectivity index (χ1) is 11.4. The largest absolute Gasteiger partial charge is 0.298 e. The van der Waals surface area contributed by atoms with Gasteiger partial charge in [0.1, 0.15) is 0 Å². The summed E-state index contributed by atoms with van der Waals surface area (Å²) in [7, 11) is 0. The number of hydrogen-bond donors (Lipinski definition) is 0. The predicted molar refractivity (Wildman–Crippen MR) is 93.2 cm³/mol. The minimum atomic E-state index is 0.611. The molecule has 0 radical (unpaired) electrons. The summed E-state index contributed by atoms with van der Waals surface area (Å²) >= 11 is 0. The van der Waals surface area contributed by atoms with E-state index in [2.05, 4.69) is 45.2 Å². The van der Waals surface area contributed by atoms with Crippen molar-refractivity contribution in [1.29, 1.82) is 0 Å². The van der Waals surface area contributed by atoms with Crippen LogP contribution in [0.1, 0.15) is 29.9 Å². The van der Waals surface area contributed by atoms with Gasteiger partial charge in [-0.3, -0.25) is 14.9 Å². The van der Waals surface area contributed by atoms with Crippen molar-refractivity contribution in [1.82, 2.24) is 14.9 Å². The van der Waals surface area contributed by atoms with Crippen LogP contribution in [0.25, 0.3) is 10.9 Å². The molecule has 1 saturated heterocycles. The van der Waals surface area contributed by atoms with E-state index in [1.54, 1.807) is 0 Å². The van der Waals surface area contributed by atoms with Crippen molar-refractivity contribution in [3.8, 4) is 0 Å². The highest BCUT2D eigenvalue weighted by Crippen LogP contribution is 2.27. The van der Waals surface area contributed by atoms with Gasteiger partial charge >= 0.3 is 0 Å². The van der Waals surface area contributed by atoms with Crippen molar-refractivity contribution in [2.75, 3.05) is 13.1 Å². The molecule has 1 aromatic carbocycles. The number of hydrogen-bond acceptors (Lipinski definition) is 3. The van der Waals surface area contributed by atoms with Crippen molar-refractivity contribution in [3.63, 3.8) is 0 Å². The molecule has 2 aromatic heterocycles. The number of pyridine rings is 2. The lowest BCUT2D eigenvalue weighted by atomic mass is 9.91. The molecule has 3 heterocycles. The summed E-state index contributed by atoms with van der Waals surface area (Å²) in [6.45, 7) is 3.32. The first kappa shape index (κ1) is 14.3. The third-order valence-electron chi connectivity index (χ3n) is 4.73. The maximum atomic E-state index is 4.40. The van der Waals surface area contributed by atoms with Gasteiger partial charge in [0.05, 0.1) is 5.52 Å². The van der Waals surface area contributed by atoms with Crippen molar-refractivity contribution < 1.29 is 0 Å². The Kier molecular flexibility index (Phi) is 4.03. The molecule has 0 N–H and O–H groups in total. The van der Waals surface area contributed by atoms with Crippen molar-refractivity contribution in [2.45, 2.75) is 25.3 Å². The van der Waals surface area contributed by atoms with E-state index in [1.165, 1.54) is 35.9 Å². The molecule has 4 rings (SSSR count). The second-order valence-corrected chi connectivity index (χ2v) is 6.39. The fourth-order valence-electron chi connectivity index (χ4n) is 3.57. The first-order valence-electron chi connectivity index (χ1n) is 8.34. The summed E-state index contributed by atoms with van der Waals surface area (Å²) in [5.74, 6) is 0.611. The highest BCUT2D eigenvalue weighted by atomic mass is 15.1. The van der Waals surface area contributed by atoms with Crippen LogP contribution in [0.5, 0.6) is 0 Å². The Labute approximate surface area is 137 Å². The average Bonchev–Trinajstić information content (AvgIpc) is 2.63. The molecule has 1 fully saturated rings. The third kappa shape index (κ3) is 3.25. The van der Waals surface area contributed by atoms with Crippen LogP contribution in [0, 0.1) is 0 Å². The molecule has 1 atom stereocenters. The number of rotatable bonds is 3. The molecule has 0 saturated carbocycles. The summed E-state index contributed by atoms with van der Waals surface area (Å²) in [6, 6.07) is 15.0. The zero-order valence-electron chi connectivity index (χ0n) is 13.2. The van der Waals surface area contributed by atoms with E-state index >= 15 is 0 Å². The van der Waals surface area contributed by atoms with Crippen LogP contribution in [0.4, 0.5) is 0 Å². The lowest BCUT2D eigenvalue weighted by molar-refractivity contribution is 0.200. The van der Waals surface area contributed by atoms with E-state index < -0.39 is 0 Å². The SMILES string of the molecule is c1cncc(C2CCCN(Cc3ccc4ncccc4c3)C2)c1. The number of piperidine rings is 1. The second-order valence-electron chi connectivity index (χ2n) is 6.39. The third-order valence-corrected chi connectivity index (χ3v) is 4.73.